The second kappa shape index (κ2) is 4.27. The number of rotatable bonds is 0. The van der Waals surface area contributed by atoms with E-state index in [4.69, 9.17) is 4.74 Å². The second-order valence-corrected chi connectivity index (χ2v) is 9.73. The fourth-order valence-electron chi connectivity index (χ4n) is 7.95. The predicted octanol–water partition coefficient (Wildman–Crippen LogP) is 2.43. The van der Waals surface area contributed by atoms with Crippen molar-refractivity contribution in [3.8, 4) is 0 Å². The molecule has 1 aliphatic heterocycles. The molecule has 1 saturated heterocycles. The highest BCUT2D eigenvalue weighted by Gasteiger charge is 2.76. The van der Waals surface area contributed by atoms with Gasteiger partial charge in [-0.05, 0) is 62.7 Å². The summed E-state index contributed by atoms with van der Waals surface area (Å²) in [5.41, 5.74) is 0.178. The van der Waals surface area contributed by atoms with E-state index >= 15 is 0 Å². The molecule has 5 fully saturated rings. The van der Waals surface area contributed by atoms with E-state index in [1.807, 2.05) is 6.92 Å². The number of allylic oxidation sites excluding steroid dienone is 1. The van der Waals surface area contributed by atoms with Crippen LogP contribution in [-0.2, 0) is 9.53 Å². The number of aliphatic hydroxyl groups is 2. The van der Waals surface area contributed by atoms with Gasteiger partial charge in [0.15, 0.2) is 0 Å². The van der Waals surface area contributed by atoms with Crippen LogP contribution in [0.5, 0.6) is 0 Å². The number of carbonyl (C=O) groups is 1. The third-order valence-electron chi connectivity index (χ3n) is 8.97. The maximum atomic E-state index is 12.7. The van der Waals surface area contributed by atoms with Gasteiger partial charge >= 0.3 is 5.97 Å². The van der Waals surface area contributed by atoms with Crippen molar-refractivity contribution >= 4 is 5.97 Å². The van der Waals surface area contributed by atoms with Crippen molar-refractivity contribution in [3.05, 3.63) is 12.2 Å². The summed E-state index contributed by atoms with van der Waals surface area (Å²) < 4.78 is 5.78. The van der Waals surface area contributed by atoms with Gasteiger partial charge in [0.1, 0.15) is 6.10 Å². The molecule has 5 aliphatic rings. The molecule has 0 amide bonds. The molecule has 4 saturated carbocycles. The second-order valence-electron chi connectivity index (χ2n) is 9.73. The van der Waals surface area contributed by atoms with Crippen LogP contribution in [0.4, 0.5) is 0 Å². The van der Waals surface area contributed by atoms with Crippen LogP contribution in [0.1, 0.15) is 52.4 Å². The molecule has 0 aromatic heterocycles. The molecule has 132 valence electrons. The molecule has 24 heavy (non-hydrogen) atoms. The Morgan fingerprint density at radius 2 is 1.96 bits per heavy atom. The van der Waals surface area contributed by atoms with Gasteiger partial charge in [0.25, 0.3) is 0 Å². The summed E-state index contributed by atoms with van der Waals surface area (Å²) in [4.78, 5) is 12.7. The Kier molecular flexibility index (Phi) is 2.74. The van der Waals surface area contributed by atoms with Gasteiger partial charge in [0.2, 0.25) is 0 Å². The van der Waals surface area contributed by atoms with Gasteiger partial charge < -0.3 is 14.9 Å². The van der Waals surface area contributed by atoms with Crippen LogP contribution in [0, 0.1) is 34.0 Å². The molecular weight excluding hydrogens is 304 g/mol. The Morgan fingerprint density at radius 3 is 2.71 bits per heavy atom. The third-order valence-corrected chi connectivity index (χ3v) is 8.97. The fourth-order valence-corrected chi connectivity index (χ4v) is 7.95. The minimum Gasteiger partial charge on any atom is -0.459 e. The molecule has 0 aromatic carbocycles. The van der Waals surface area contributed by atoms with Crippen molar-refractivity contribution in [3.63, 3.8) is 0 Å². The number of aliphatic hydroxyl groups excluding tert-OH is 2. The molecule has 0 aromatic rings. The zero-order valence-electron chi connectivity index (χ0n) is 14.6. The van der Waals surface area contributed by atoms with Gasteiger partial charge in [0.05, 0.1) is 17.6 Å². The Balaban J connectivity index is 1.69. The molecule has 2 bridgehead atoms. The maximum Gasteiger partial charge on any atom is 0.315 e. The van der Waals surface area contributed by atoms with Crippen LogP contribution in [0.25, 0.3) is 0 Å². The summed E-state index contributed by atoms with van der Waals surface area (Å²) in [5.74, 6) is 0.516. The molecule has 0 radical (unpaired) electrons. The van der Waals surface area contributed by atoms with Crippen molar-refractivity contribution in [2.24, 2.45) is 34.0 Å². The molecule has 9 unspecified atom stereocenters. The molecule has 1 heterocycles. The van der Waals surface area contributed by atoms with Crippen LogP contribution in [-0.4, -0.2) is 34.5 Å². The third kappa shape index (κ3) is 1.40. The number of ether oxygens (including phenoxy) is 1. The van der Waals surface area contributed by atoms with Gasteiger partial charge in [0, 0.05) is 11.3 Å². The van der Waals surface area contributed by atoms with Crippen LogP contribution < -0.4 is 0 Å². The van der Waals surface area contributed by atoms with E-state index in [9.17, 15) is 15.0 Å². The Morgan fingerprint density at radius 1 is 1.21 bits per heavy atom. The van der Waals surface area contributed by atoms with Gasteiger partial charge in [-0.15, -0.1) is 0 Å². The standard InChI is InChI=1S/C20H28O4/c1-10-8-20-9-11(10)4-5-12(20)18(2)7-6-13(21)19(3)15(18)14(16(20)22)24-17(19)23/h11-16,21-22H,1,4-9H2,2-3H3. The van der Waals surface area contributed by atoms with E-state index in [0.29, 0.717) is 18.3 Å². The molecular formula is C20H28O4. The first-order valence-electron chi connectivity index (χ1n) is 9.50. The average molecular weight is 332 g/mol. The normalized spacial score (nSPS) is 61.3. The summed E-state index contributed by atoms with van der Waals surface area (Å²) in [6, 6.07) is 0. The summed E-state index contributed by atoms with van der Waals surface area (Å²) in [6.07, 6.45) is 3.92. The Bertz CT molecular complexity index is 644. The first kappa shape index (κ1) is 15.4. The molecule has 4 nitrogen and oxygen atoms in total. The van der Waals surface area contributed by atoms with Crippen molar-refractivity contribution < 1.29 is 19.7 Å². The lowest BCUT2D eigenvalue weighted by Crippen LogP contribution is -2.67. The number of carbonyl (C=O) groups excluding carboxylic acids is 1. The number of hydrogen-bond acceptors (Lipinski definition) is 4. The van der Waals surface area contributed by atoms with Gasteiger partial charge in [-0.2, -0.15) is 0 Å². The van der Waals surface area contributed by atoms with Gasteiger partial charge in [-0.25, -0.2) is 0 Å². The van der Waals surface area contributed by atoms with Crippen molar-refractivity contribution in [1.29, 1.82) is 0 Å². The van der Waals surface area contributed by atoms with E-state index in [0.717, 1.165) is 32.1 Å². The first-order chi connectivity index (χ1) is 11.2. The lowest BCUT2D eigenvalue weighted by atomic mass is 9.40. The fraction of sp³-hybridized carbons (Fsp3) is 0.850. The molecule has 1 spiro atoms. The summed E-state index contributed by atoms with van der Waals surface area (Å²) in [5, 5.41) is 22.0. The van der Waals surface area contributed by atoms with Crippen LogP contribution in [0.15, 0.2) is 12.2 Å². The van der Waals surface area contributed by atoms with E-state index in [1.165, 1.54) is 5.57 Å². The molecule has 4 heteroatoms. The Labute approximate surface area is 143 Å². The zero-order valence-corrected chi connectivity index (χ0v) is 14.6. The lowest BCUT2D eigenvalue weighted by Gasteiger charge is -2.64. The topological polar surface area (TPSA) is 66.8 Å². The molecule has 2 N–H and O–H groups in total. The number of fused-ring (bicyclic) bond motifs is 2. The average Bonchev–Trinajstić information content (AvgIpc) is 2.96. The molecule has 5 rings (SSSR count). The summed E-state index contributed by atoms with van der Waals surface area (Å²) in [7, 11) is 0. The summed E-state index contributed by atoms with van der Waals surface area (Å²) in [6.45, 7) is 8.46. The highest BCUT2D eigenvalue weighted by molar-refractivity contribution is 5.81. The van der Waals surface area contributed by atoms with Crippen LogP contribution >= 0.6 is 0 Å². The number of esters is 1. The van der Waals surface area contributed by atoms with E-state index in [2.05, 4.69) is 13.5 Å². The van der Waals surface area contributed by atoms with Crippen molar-refractivity contribution in [1.82, 2.24) is 0 Å². The quantitative estimate of drug-likeness (QED) is 0.528. The Hall–Kier alpha value is -0.870. The minimum atomic E-state index is -0.868. The van der Waals surface area contributed by atoms with E-state index < -0.39 is 23.7 Å². The monoisotopic (exact) mass is 332 g/mol. The van der Waals surface area contributed by atoms with Gasteiger partial charge in [-0.1, -0.05) is 19.1 Å². The minimum absolute atomic E-state index is 0.0559. The zero-order chi connectivity index (χ0) is 17.1. The predicted molar refractivity (Wildman–Crippen MR) is 87.9 cm³/mol. The highest BCUT2D eigenvalue weighted by atomic mass is 16.6. The highest BCUT2D eigenvalue weighted by Crippen LogP contribution is 2.74. The van der Waals surface area contributed by atoms with Crippen molar-refractivity contribution in [2.45, 2.75) is 70.7 Å². The molecule has 4 aliphatic carbocycles. The van der Waals surface area contributed by atoms with Crippen LogP contribution in [0.2, 0.25) is 0 Å². The van der Waals surface area contributed by atoms with E-state index in [1.54, 1.807) is 0 Å². The largest absolute Gasteiger partial charge is 0.459 e. The van der Waals surface area contributed by atoms with Gasteiger partial charge in [-0.3, -0.25) is 4.79 Å². The van der Waals surface area contributed by atoms with E-state index in [-0.39, 0.29) is 22.7 Å². The summed E-state index contributed by atoms with van der Waals surface area (Å²) >= 11 is 0. The van der Waals surface area contributed by atoms with Crippen LogP contribution in [0.3, 0.4) is 0 Å². The number of hydrogen-bond donors (Lipinski definition) is 2. The first-order valence-corrected chi connectivity index (χ1v) is 9.50. The lowest BCUT2D eigenvalue weighted by molar-refractivity contribution is -0.231. The smallest absolute Gasteiger partial charge is 0.315 e. The molecule has 9 atom stereocenters. The maximum absolute atomic E-state index is 12.7. The van der Waals surface area contributed by atoms with Crippen molar-refractivity contribution in [2.75, 3.05) is 0 Å². The SMILES string of the molecule is C=C1CC23CC1CCC2C1(C)CCC(O)C2(C)C(=O)OC(C3O)C12.